The molecule has 5 saturated carbocycles. The number of rotatable bonds is 8. The molecule has 0 aromatic rings. The van der Waals surface area contributed by atoms with Gasteiger partial charge in [-0.25, -0.2) is 0 Å². The molecule has 9 heteroatoms. The highest BCUT2D eigenvalue weighted by Crippen LogP contribution is 2.89. The van der Waals surface area contributed by atoms with Gasteiger partial charge in [0.05, 0.1) is 31.5 Å². The number of allylic oxidation sites excluding steroid dienone is 1. The molecule has 0 radical (unpaired) electrons. The molecule has 1 heterocycles. The van der Waals surface area contributed by atoms with Crippen molar-refractivity contribution in [3.63, 3.8) is 0 Å². The summed E-state index contributed by atoms with van der Waals surface area (Å²) in [6, 6.07) is 0. The second-order valence-corrected chi connectivity index (χ2v) is 17.4. The highest BCUT2D eigenvalue weighted by atomic mass is 16.7. The summed E-state index contributed by atoms with van der Waals surface area (Å²) in [6.07, 6.45) is 2.90. The van der Waals surface area contributed by atoms with Gasteiger partial charge in [-0.05, 0) is 104 Å². The molecule has 0 aromatic heterocycles. The molecule has 5 aliphatic carbocycles. The van der Waals surface area contributed by atoms with Crippen molar-refractivity contribution in [2.45, 2.75) is 148 Å². The van der Waals surface area contributed by atoms with Crippen molar-refractivity contribution in [3.8, 4) is 0 Å². The number of aliphatic hydroxyl groups is 7. The molecule has 1 saturated heterocycles. The van der Waals surface area contributed by atoms with Crippen LogP contribution >= 0.6 is 0 Å². The van der Waals surface area contributed by atoms with Crippen LogP contribution in [0.2, 0.25) is 0 Å². The van der Waals surface area contributed by atoms with E-state index in [-0.39, 0.29) is 45.7 Å². The molecular formula is C36H60O9. The first-order valence-electron chi connectivity index (χ1n) is 17.6. The third kappa shape index (κ3) is 4.73. The number of ether oxygens (including phenoxy) is 2. The number of hydrogen-bond acceptors (Lipinski definition) is 9. The summed E-state index contributed by atoms with van der Waals surface area (Å²) in [7, 11) is 0. The van der Waals surface area contributed by atoms with Gasteiger partial charge in [-0.3, -0.25) is 0 Å². The van der Waals surface area contributed by atoms with Crippen LogP contribution in [0.3, 0.4) is 0 Å². The van der Waals surface area contributed by atoms with Crippen LogP contribution in [0.4, 0.5) is 0 Å². The average molecular weight is 637 g/mol. The van der Waals surface area contributed by atoms with Crippen molar-refractivity contribution in [1.29, 1.82) is 0 Å². The molecule has 7 N–H and O–H groups in total. The van der Waals surface area contributed by atoms with E-state index >= 15 is 0 Å². The summed E-state index contributed by atoms with van der Waals surface area (Å²) in [5, 5.41) is 73.9. The Morgan fingerprint density at radius 2 is 1.60 bits per heavy atom. The Balaban J connectivity index is 1.10. The molecule has 6 rings (SSSR count). The first kappa shape index (κ1) is 34.3. The van der Waals surface area contributed by atoms with E-state index in [1.165, 1.54) is 0 Å². The van der Waals surface area contributed by atoms with Crippen molar-refractivity contribution >= 4 is 0 Å². The zero-order valence-electron chi connectivity index (χ0n) is 28.2. The van der Waals surface area contributed by atoms with Crippen molar-refractivity contribution < 1.29 is 45.2 Å². The predicted octanol–water partition coefficient (Wildman–Crippen LogP) is 2.91. The first-order valence-corrected chi connectivity index (χ1v) is 17.6. The van der Waals surface area contributed by atoms with E-state index in [9.17, 15) is 35.7 Å². The Kier molecular flexibility index (Phi) is 8.74. The van der Waals surface area contributed by atoms with Crippen LogP contribution in [-0.2, 0) is 9.47 Å². The standard InChI is InChI=1S/C36H60O9/c1-19(17-44-31-30(43)29(42)28(41)22(16-37)45-31)8-7-9-20(2)27-21(38)15-34(6)24-11-10-23-32(3,4)25(39)14-26(40)36(23)18-35(24,36)13-12-33(27,34)5/h8,20-31,37-43H,7,9-18H2,1-6H3. The van der Waals surface area contributed by atoms with E-state index < -0.39 is 49.5 Å². The lowest BCUT2D eigenvalue weighted by Gasteiger charge is -2.63. The van der Waals surface area contributed by atoms with Gasteiger partial charge in [0.25, 0.3) is 0 Å². The van der Waals surface area contributed by atoms with Crippen LogP contribution < -0.4 is 0 Å². The van der Waals surface area contributed by atoms with Gasteiger partial charge in [0.1, 0.15) is 24.4 Å². The van der Waals surface area contributed by atoms with Crippen LogP contribution in [0.25, 0.3) is 0 Å². The van der Waals surface area contributed by atoms with Crippen LogP contribution in [0.1, 0.15) is 99.3 Å². The van der Waals surface area contributed by atoms with Gasteiger partial charge in [-0.15, -0.1) is 0 Å². The van der Waals surface area contributed by atoms with Crippen molar-refractivity contribution in [2.75, 3.05) is 13.2 Å². The minimum Gasteiger partial charge on any atom is -0.394 e. The summed E-state index contributed by atoms with van der Waals surface area (Å²) in [4.78, 5) is 0. The van der Waals surface area contributed by atoms with E-state index in [2.05, 4.69) is 40.7 Å². The van der Waals surface area contributed by atoms with Gasteiger partial charge in [0.2, 0.25) is 0 Å². The molecule has 258 valence electrons. The summed E-state index contributed by atoms with van der Waals surface area (Å²) in [6.45, 7) is 13.3. The lowest BCUT2D eigenvalue weighted by atomic mass is 9.41. The van der Waals surface area contributed by atoms with E-state index in [1.807, 2.05) is 6.92 Å². The Labute approximate surface area is 269 Å². The Bertz CT molecular complexity index is 1140. The van der Waals surface area contributed by atoms with Gasteiger partial charge in [0.15, 0.2) is 6.29 Å². The maximum absolute atomic E-state index is 11.7. The minimum absolute atomic E-state index is 0.00296. The van der Waals surface area contributed by atoms with E-state index in [4.69, 9.17) is 9.47 Å². The SMILES string of the molecule is CC(=CCCC(C)C1C(O)CC2(C)C3CCC4C(C)(C)C(O)CC(O)C45CC35CCC12C)COC1OC(CO)C(O)C(O)C1O. The lowest BCUT2D eigenvalue weighted by molar-refractivity contribution is -0.299. The van der Waals surface area contributed by atoms with Crippen LogP contribution in [0.5, 0.6) is 0 Å². The normalized spacial score (nSPS) is 54.4. The summed E-state index contributed by atoms with van der Waals surface area (Å²) in [5.74, 6) is 1.33. The predicted molar refractivity (Wildman–Crippen MR) is 168 cm³/mol. The Morgan fingerprint density at radius 3 is 2.29 bits per heavy atom. The maximum atomic E-state index is 11.7. The van der Waals surface area contributed by atoms with E-state index in [1.54, 1.807) is 0 Å². The van der Waals surface area contributed by atoms with Gasteiger partial charge in [0, 0.05) is 11.8 Å². The number of aliphatic hydroxyl groups excluding tert-OH is 7. The molecule has 0 amide bonds. The fourth-order valence-electron chi connectivity index (χ4n) is 12.7. The number of fused-ring (bicyclic) bond motifs is 2. The summed E-state index contributed by atoms with van der Waals surface area (Å²) < 4.78 is 11.2. The van der Waals surface area contributed by atoms with Crippen molar-refractivity contribution in [3.05, 3.63) is 11.6 Å². The lowest BCUT2D eigenvalue weighted by Crippen LogP contribution is -2.61. The monoisotopic (exact) mass is 636 g/mol. The fourth-order valence-corrected chi connectivity index (χ4v) is 12.7. The largest absolute Gasteiger partial charge is 0.394 e. The second-order valence-electron chi connectivity index (χ2n) is 17.4. The molecular weight excluding hydrogens is 576 g/mol. The molecule has 16 atom stereocenters. The van der Waals surface area contributed by atoms with E-state index in [0.717, 1.165) is 56.9 Å². The molecule has 0 bridgehead atoms. The zero-order chi connectivity index (χ0) is 32.9. The molecule has 16 unspecified atom stereocenters. The minimum atomic E-state index is -1.46. The molecule has 0 aromatic carbocycles. The van der Waals surface area contributed by atoms with Gasteiger partial charge in [-0.1, -0.05) is 46.3 Å². The highest BCUT2D eigenvalue weighted by Gasteiger charge is 2.85. The van der Waals surface area contributed by atoms with E-state index in [0.29, 0.717) is 24.2 Å². The molecule has 45 heavy (non-hydrogen) atoms. The molecule has 9 nitrogen and oxygen atoms in total. The summed E-state index contributed by atoms with van der Waals surface area (Å²) >= 11 is 0. The van der Waals surface area contributed by atoms with Crippen LogP contribution in [0.15, 0.2) is 11.6 Å². The molecule has 2 spiro atoms. The summed E-state index contributed by atoms with van der Waals surface area (Å²) in [5.41, 5.74) is 0.822. The molecule has 6 fully saturated rings. The van der Waals surface area contributed by atoms with Crippen molar-refractivity contribution in [1.82, 2.24) is 0 Å². The Morgan fingerprint density at radius 1 is 0.911 bits per heavy atom. The van der Waals surface area contributed by atoms with Gasteiger partial charge < -0.3 is 45.2 Å². The van der Waals surface area contributed by atoms with Gasteiger partial charge >= 0.3 is 0 Å². The van der Waals surface area contributed by atoms with Gasteiger partial charge in [-0.2, -0.15) is 0 Å². The third-order valence-corrected chi connectivity index (χ3v) is 15.2. The van der Waals surface area contributed by atoms with Crippen molar-refractivity contribution in [2.24, 2.45) is 50.7 Å². The van der Waals surface area contributed by atoms with Crippen LogP contribution in [0, 0.1) is 50.7 Å². The maximum Gasteiger partial charge on any atom is 0.187 e. The average Bonchev–Trinajstić information content (AvgIpc) is 3.62. The van der Waals surface area contributed by atoms with Crippen LogP contribution in [-0.4, -0.2) is 98.0 Å². The molecule has 1 aliphatic heterocycles. The second kappa shape index (κ2) is 11.5. The fraction of sp³-hybridized carbons (Fsp3) is 0.944. The number of hydrogen-bond donors (Lipinski definition) is 7. The quantitative estimate of drug-likeness (QED) is 0.199. The highest BCUT2D eigenvalue weighted by molar-refractivity contribution is 5.33. The molecule has 6 aliphatic rings. The zero-order valence-corrected chi connectivity index (χ0v) is 28.2. The smallest absolute Gasteiger partial charge is 0.187 e. The first-order chi connectivity index (χ1) is 21.0. The third-order valence-electron chi connectivity index (χ3n) is 15.2. The Hall–Kier alpha value is -0.620. The topological polar surface area (TPSA) is 160 Å².